The number of likely N-dealkylation sites (tertiary alicyclic amines) is 1. The Morgan fingerprint density at radius 1 is 1.08 bits per heavy atom. The van der Waals surface area contributed by atoms with Gasteiger partial charge in [-0.05, 0) is 42.5 Å². The molecule has 1 amide bonds. The van der Waals surface area contributed by atoms with Gasteiger partial charge in [0.1, 0.15) is 0 Å². The van der Waals surface area contributed by atoms with Crippen molar-refractivity contribution in [2.75, 3.05) is 13.2 Å². The average Bonchev–Trinajstić information content (AvgIpc) is 2.65. The van der Waals surface area contributed by atoms with E-state index in [1.54, 1.807) is 0 Å². The summed E-state index contributed by atoms with van der Waals surface area (Å²) < 4.78 is 0. The van der Waals surface area contributed by atoms with Gasteiger partial charge in [-0.2, -0.15) is 0 Å². The van der Waals surface area contributed by atoms with Crippen molar-refractivity contribution in [3.8, 4) is 0 Å². The maximum atomic E-state index is 12.9. The van der Waals surface area contributed by atoms with Crippen molar-refractivity contribution in [3.05, 3.63) is 69.7 Å². The zero-order valence-electron chi connectivity index (χ0n) is 14.6. The predicted molar refractivity (Wildman–Crippen MR) is 105 cm³/mol. The molecule has 2 aromatic rings. The van der Waals surface area contributed by atoms with E-state index in [1.165, 1.54) is 0 Å². The van der Waals surface area contributed by atoms with Gasteiger partial charge >= 0.3 is 0 Å². The molecule has 0 spiro atoms. The largest absolute Gasteiger partial charge is 0.396 e. The number of hydrogen-bond donors (Lipinski definition) is 1. The molecule has 138 valence electrons. The molecule has 2 atom stereocenters. The van der Waals surface area contributed by atoms with Gasteiger partial charge in [-0.3, -0.25) is 4.79 Å². The summed E-state index contributed by atoms with van der Waals surface area (Å²) in [5, 5.41) is 10.3. The first-order chi connectivity index (χ1) is 12.6. The van der Waals surface area contributed by atoms with Gasteiger partial charge in [0, 0.05) is 31.5 Å². The smallest absolute Gasteiger partial charge is 0.226 e. The number of hydrogen-bond acceptors (Lipinski definition) is 2. The van der Waals surface area contributed by atoms with Crippen LogP contribution in [-0.2, 0) is 11.3 Å². The number of carbonyl (C=O) groups excluding carboxylic acids is 1. The van der Waals surface area contributed by atoms with Crippen LogP contribution in [0.2, 0.25) is 10.0 Å². The second-order valence-corrected chi connectivity index (χ2v) is 7.69. The minimum Gasteiger partial charge on any atom is -0.396 e. The minimum absolute atomic E-state index is 0.0703. The molecule has 0 saturated carbocycles. The number of carbonyl (C=O) groups is 1. The topological polar surface area (TPSA) is 40.5 Å². The van der Waals surface area contributed by atoms with Gasteiger partial charge in [0.2, 0.25) is 5.91 Å². The van der Waals surface area contributed by atoms with Gasteiger partial charge in [0.05, 0.1) is 10.0 Å². The molecule has 0 bridgehead atoms. The Kier molecular flexibility index (Phi) is 6.58. The molecule has 1 fully saturated rings. The van der Waals surface area contributed by atoms with Gasteiger partial charge in [-0.25, -0.2) is 0 Å². The number of aliphatic hydroxyl groups excluding tert-OH is 1. The van der Waals surface area contributed by atoms with E-state index in [0.717, 1.165) is 17.5 Å². The lowest BCUT2D eigenvalue weighted by atomic mass is 9.82. The number of aliphatic hydroxyl groups is 1. The predicted octanol–water partition coefficient (Wildman–Crippen LogP) is 4.90. The number of nitrogens with zero attached hydrogens (tertiary/aromatic N) is 1. The third-order valence-corrected chi connectivity index (χ3v) is 5.75. The van der Waals surface area contributed by atoms with Crippen LogP contribution in [-0.4, -0.2) is 29.1 Å². The highest BCUT2D eigenvalue weighted by molar-refractivity contribution is 6.42. The first-order valence-electron chi connectivity index (χ1n) is 8.97. The third kappa shape index (κ3) is 4.59. The highest BCUT2D eigenvalue weighted by Gasteiger charge is 2.34. The molecule has 1 aliphatic heterocycles. The van der Waals surface area contributed by atoms with Crippen molar-refractivity contribution in [2.24, 2.45) is 5.92 Å². The quantitative estimate of drug-likeness (QED) is 0.760. The van der Waals surface area contributed by atoms with Crippen molar-refractivity contribution in [1.82, 2.24) is 4.90 Å². The van der Waals surface area contributed by atoms with Crippen LogP contribution in [0.15, 0.2) is 48.5 Å². The molecule has 1 heterocycles. The van der Waals surface area contributed by atoms with E-state index in [4.69, 9.17) is 23.2 Å². The summed E-state index contributed by atoms with van der Waals surface area (Å²) in [7, 11) is 0. The Morgan fingerprint density at radius 3 is 2.54 bits per heavy atom. The highest BCUT2D eigenvalue weighted by Crippen LogP contribution is 2.36. The van der Waals surface area contributed by atoms with Crippen LogP contribution in [0.3, 0.4) is 0 Å². The maximum Gasteiger partial charge on any atom is 0.226 e. The van der Waals surface area contributed by atoms with Crippen LogP contribution in [0.4, 0.5) is 0 Å². The molecule has 0 aliphatic carbocycles. The van der Waals surface area contributed by atoms with E-state index in [2.05, 4.69) is 0 Å². The van der Waals surface area contributed by atoms with Crippen molar-refractivity contribution in [3.63, 3.8) is 0 Å². The Morgan fingerprint density at radius 2 is 1.85 bits per heavy atom. The molecule has 1 aliphatic rings. The second kappa shape index (κ2) is 8.90. The van der Waals surface area contributed by atoms with Crippen LogP contribution in [0.1, 0.15) is 36.3 Å². The summed E-state index contributed by atoms with van der Waals surface area (Å²) >= 11 is 12.3. The summed E-state index contributed by atoms with van der Waals surface area (Å²) in [5.41, 5.74) is 2.23. The molecule has 1 N–H and O–H groups in total. The Balaban J connectivity index is 1.83. The zero-order chi connectivity index (χ0) is 18.5. The molecule has 2 aromatic carbocycles. The summed E-state index contributed by atoms with van der Waals surface area (Å²) in [6.45, 7) is 1.38. The SMILES string of the molecule is O=C1C(CCCO)CC(c2ccc(Cl)c(Cl)c2)CN1Cc1ccccc1. The molecule has 0 radical (unpaired) electrons. The molecular weight excluding hydrogens is 369 g/mol. The van der Waals surface area contributed by atoms with Crippen molar-refractivity contribution in [1.29, 1.82) is 0 Å². The number of rotatable bonds is 6. The van der Waals surface area contributed by atoms with E-state index in [0.29, 0.717) is 36.0 Å². The molecular formula is C21H23Cl2NO2. The summed E-state index contributed by atoms with van der Waals surface area (Å²) in [6, 6.07) is 15.8. The molecule has 2 unspecified atom stereocenters. The summed E-state index contributed by atoms with van der Waals surface area (Å²) in [4.78, 5) is 14.9. The van der Waals surface area contributed by atoms with Crippen molar-refractivity contribution < 1.29 is 9.90 Å². The second-order valence-electron chi connectivity index (χ2n) is 6.87. The van der Waals surface area contributed by atoms with E-state index in [-0.39, 0.29) is 24.3 Å². The maximum absolute atomic E-state index is 12.9. The molecule has 0 aromatic heterocycles. The van der Waals surface area contributed by atoms with E-state index in [1.807, 2.05) is 53.4 Å². The summed E-state index contributed by atoms with van der Waals surface area (Å²) in [5.74, 6) is 0.326. The number of benzene rings is 2. The fourth-order valence-corrected chi connectivity index (χ4v) is 3.97. The fourth-order valence-electron chi connectivity index (χ4n) is 3.67. The standard InChI is InChI=1S/C21H23Cl2NO2/c22-19-9-8-16(12-20(19)23)18-11-17(7-4-10-25)21(26)24(14-18)13-15-5-2-1-3-6-15/h1-3,5-6,8-9,12,17-18,25H,4,7,10-11,13-14H2. The third-order valence-electron chi connectivity index (χ3n) is 5.01. The van der Waals surface area contributed by atoms with Gasteiger partial charge in [-0.15, -0.1) is 0 Å². The molecule has 5 heteroatoms. The normalized spacial score (nSPS) is 20.4. The van der Waals surface area contributed by atoms with Crippen LogP contribution >= 0.6 is 23.2 Å². The van der Waals surface area contributed by atoms with Crippen LogP contribution in [0.5, 0.6) is 0 Å². The first kappa shape index (κ1) is 19.2. The van der Waals surface area contributed by atoms with Gasteiger partial charge in [0.25, 0.3) is 0 Å². The molecule has 3 nitrogen and oxygen atoms in total. The monoisotopic (exact) mass is 391 g/mol. The molecule has 26 heavy (non-hydrogen) atoms. The Hall–Kier alpha value is -1.55. The minimum atomic E-state index is -0.0703. The van der Waals surface area contributed by atoms with Gasteiger partial charge in [-0.1, -0.05) is 59.6 Å². The Bertz CT molecular complexity index is 751. The van der Waals surface area contributed by atoms with Crippen molar-refractivity contribution >= 4 is 29.1 Å². The van der Waals surface area contributed by atoms with E-state index < -0.39 is 0 Å². The van der Waals surface area contributed by atoms with E-state index in [9.17, 15) is 9.90 Å². The van der Waals surface area contributed by atoms with Gasteiger partial charge in [0.15, 0.2) is 0 Å². The zero-order valence-corrected chi connectivity index (χ0v) is 16.1. The lowest BCUT2D eigenvalue weighted by Crippen LogP contribution is -2.44. The number of piperidine rings is 1. The first-order valence-corrected chi connectivity index (χ1v) is 9.72. The van der Waals surface area contributed by atoms with Crippen LogP contribution < -0.4 is 0 Å². The average molecular weight is 392 g/mol. The van der Waals surface area contributed by atoms with E-state index >= 15 is 0 Å². The highest BCUT2D eigenvalue weighted by atomic mass is 35.5. The van der Waals surface area contributed by atoms with Crippen molar-refractivity contribution in [2.45, 2.75) is 31.7 Å². The lowest BCUT2D eigenvalue weighted by molar-refractivity contribution is -0.140. The fraction of sp³-hybridized carbons (Fsp3) is 0.381. The van der Waals surface area contributed by atoms with Crippen LogP contribution in [0, 0.1) is 5.92 Å². The number of halogens is 2. The summed E-state index contributed by atoms with van der Waals surface area (Å²) in [6.07, 6.45) is 2.13. The number of amides is 1. The van der Waals surface area contributed by atoms with Crippen LogP contribution in [0.25, 0.3) is 0 Å². The molecule has 3 rings (SSSR count). The molecule has 1 saturated heterocycles. The Labute approximate surface area is 164 Å². The van der Waals surface area contributed by atoms with Gasteiger partial charge < -0.3 is 10.0 Å². The lowest BCUT2D eigenvalue weighted by Gasteiger charge is -2.38.